The molecule has 0 bridgehead atoms. The molecular weight excluding hydrogens is 611 g/mol. The van der Waals surface area contributed by atoms with E-state index in [-0.39, 0.29) is 53.5 Å². The summed E-state index contributed by atoms with van der Waals surface area (Å²) in [5, 5.41) is 8.99. The molecule has 0 saturated carbocycles. The molecule has 0 spiro atoms. The van der Waals surface area contributed by atoms with Gasteiger partial charge in [0, 0.05) is 37.3 Å². The summed E-state index contributed by atoms with van der Waals surface area (Å²) in [4.78, 5) is 23.5. The molecule has 14 heteroatoms. The standard InChI is InChI=1S/C30H22ClF5N4O4/c1-43-10-9-40-24-12-16(29(41)42)5-7-23(24)37-26(40)13-18-11-21(33)19(14-20(18)32)22-3-2-4-27(38-22)44-15-17-6-8-25(30(34,35)36)39-28(17)31/h2-8,11-12,14H,9-10,13,15H2,1H3,(H,41,42). The van der Waals surface area contributed by atoms with Gasteiger partial charge in [-0.05, 0) is 48.0 Å². The van der Waals surface area contributed by atoms with Gasteiger partial charge >= 0.3 is 12.1 Å². The van der Waals surface area contributed by atoms with Gasteiger partial charge in [0.25, 0.3) is 0 Å². The normalized spacial score (nSPS) is 11.7. The van der Waals surface area contributed by atoms with Crippen molar-refractivity contribution in [1.29, 1.82) is 0 Å². The predicted octanol–water partition coefficient (Wildman–Crippen LogP) is 6.96. The summed E-state index contributed by atoms with van der Waals surface area (Å²) in [5.41, 5.74) is 0.00549. The first-order valence-corrected chi connectivity index (χ1v) is 13.3. The molecule has 8 nitrogen and oxygen atoms in total. The number of imidazole rings is 1. The van der Waals surface area contributed by atoms with Crippen molar-refractivity contribution in [3.05, 3.63) is 106 Å². The predicted molar refractivity (Wildman–Crippen MR) is 150 cm³/mol. The van der Waals surface area contributed by atoms with Crippen LogP contribution in [0.25, 0.3) is 22.3 Å². The number of halogens is 6. The minimum Gasteiger partial charge on any atom is -0.478 e. The second-order valence-electron chi connectivity index (χ2n) is 9.58. The number of hydrogen-bond acceptors (Lipinski definition) is 6. The van der Waals surface area contributed by atoms with Crippen molar-refractivity contribution in [3.63, 3.8) is 0 Å². The summed E-state index contributed by atoms with van der Waals surface area (Å²) in [6.45, 7) is 0.309. The number of carbonyl (C=O) groups is 1. The maximum absolute atomic E-state index is 15.4. The molecule has 3 heterocycles. The van der Waals surface area contributed by atoms with Gasteiger partial charge in [-0.2, -0.15) is 13.2 Å². The summed E-state index contributed by atoms with van der Waals surface area (Å²) < 4.78 is 81.7. The fourth-order valence-electron chi connectivity index (χ4n) is 4.49. The highest BCUT2D eigenvalue weighted by Gasteiger charge is 2.33. The first kappa shape index (κ1) is 30.8. The zero-order valence-electron chi connectivity index (χ0n) is 22.8. The molecule has 0 saturated heterocycles. The summed E-state index contributed by atoms with van der Waals surface area (Å²) >= 11 is 5.88. The molecule has 0 aliphatic rings. The molecule has 1 N–H and O–H groups in total. The fraction of sp³-hybridized carbons (Fsp3) is 0.200. The van der Waals surface area contributed by atoms with Gasteiger partial charge in [0.1, 0.15) is 34.9 Å². The molecule has 3 aromatic heterocycles. The number of benzene rings is 2. The lowest BCUT2D eigenvalue weighted by molar-refractivity contribution is -0.141. The Kier molecular flexibility index (Phi) is 8.79. The van der Waals surface area contributed by atoms with Crippen LogP contribution >= 0.6 is 11.6 Å². The monoisotopic (exact) mass is 632 g/mol. The molecule has 5 aromatic rings. The van der Waals surface area contributed by atoms with Gasteiger partial charge in [-0.1, -0.05) is 23.7 Å². The maximum Gasteiger partial charge on any atom is 0.433 e. The van der Waals surface area contributed by atoms with E-state index >= 15 is 8.78 Å². The molecule has 0 aliphatic heterocycles. The van der Waals surface area contributed by atoms with Crippen LogP contribution in [0.1, 0.15) is 33.0 Å². The Hall–Kier alpha value is -4.62. The largest absolute Gasteiger partial charge is 0.478 e. The summed E-state index contributed by atoms with van der Waals surface area (Å²) in [7, 11) is 1.50. The summed E-state index contributed by atoms with van der Waals surface area (Å²) in [6, 6.07) is 12.8. The van der Waals surface area contributed by atoms with Gasteiger partial charge in [-0.15, -0.1) is 0 Å². The van der Waals surface area contributed by atoms with Gasteiger partial charge in [-0.25, -0.2) is 28.5 Å². The Morgan fingerprint density at radius 1 is 0.977 bits per heavy atom. The number of aromatic nitrogens is 4. The van der Waals surface area contributed by atoms with E-state index in [1.54, 1.807) is 10.6 Å². The van der Waals surface area contributed by atoms with Crippen molar-refractivity contribution in [2.75, 3.05) is 13.7 Å². The fourth-order valence-corrected chi connectivity index (χ4v) is 4.70. The highest BCUT2D eigenvalue weighted by atomic mass is 35.5. The number of carboxylic acids is 1. The SMILES string of the molecule is COCCn1c(Cc2cc(F)c(-c3cccc(OCc4ccc(C(F)(F)F)nc4Cl)n3)cc2F)nc2ccc(C(=O)O)cc21. The van der Waals surface area contributed by atoms with Crippen molar-refractivity contribution < 1.29 is 41.3 Å². The Balaban J connectivity index is 1.38. The molecular formula is C30H22ClF5N4O4. The quantitative estimate of drug-likeness (QED) is 0.131. The zero-order chi connectivity index (χ0) is 31.6. The Bertz CT molecular complexity index is 1860. The minimum absolute atomic E-state index is 0.00469. The molecule has 0 aliphatic carbocycles. The van der Waals surface area contributed by atoms with Crippen molar-refractivity contribution in [2.24, 2.45) is 0 Å². The van der Waals surface area contributed by atoms with Gasteiger partial charge < -0.3 is 19.1 Å². The number of alkyl halides is 3. The Morgan fingerprint density at radius 3 is 2.48 bits per heavy atom. The van der Waals surface area contributed by atoms with Crippen LogP contribution in [-0.4, -0.2) is 44.3 Å². The van der Waals surface area contributed by atoms with Crippen LogP contribution in [0.4, 0.5) is 22.0 Å². The number of methoxy groups -OCH3 is 1. The van der Waals surface area contributed by atoms with Crippen LogP contribution in [0.2, 0.25) is 5.15 Å². The minimum atomic E-state index is -4.65. The van der Waals surface area contributed by atoms with E-state index in [1.807, 2.05) is 0 Å². The number of rotatable bonds is 10. The van der Waals surface area contributed by atoms with Crippen molar-refractivity contribution in [1.82, 2.24) is 19.5 Å². The van der Waals surface area contributed by atoms with Crippen molar-refractivity contribution in [3.8, 4) is 17.1 Å². The smallest absolute Gasteiger partial charge is 0.433 e. The Labute approximate surface area is 251 Å². The van der Waals surface area contributed by atoms with E-state index in [9.17, 15) is 23.1 Å². The molecule has 0 atom stereocenters. The first-order valence-electron chi connectivity index (χ1n) is 13.0. The number of nitrogens with zero attached hydrogens (tertiary/aromatic N) is 4. The van der Waals surface area contributed by atoms with E-state index in [4.69, 9.17) is 21.1 Å². The van der Waals surface area contributed by atoms with Crippen LogP contribution < -0.4 is 4.74 Å². The second-order valence-corrected chi connectivity index (χ2v) is 9.93. The number of aromatic carboxylic acids is 1. The van der Waals surface area contributed by atoms with E-state index < -0.39 is 34.6 Å². The van der Waals surface area contributed by atoms with Gasteiger partial charge in [-0.3, -0.25) is 0 Å². The average Bonchev–Trinajstić information content (AvgIpc) is 3.32. The van der Waals surface area contributed by atoms with Crippen LogP contribution in [-0.2, 0) is 30.5 Å². The number of ether oxygens (including phenoxy) is 2. The number of hydrogen-bond donors (Lipinski definition) is 1. The number of pyridine rings is 2. The van der Waals surface area contributed by atoms with E-state index in [1.165, 1.54) is 37.4 Å². The van der Waals surface area contributed by atoms with Crippen molar-refractivity contribution in [2.45, 2.75) is 25.7 Å². The second kappa shape index (κ2) is 12.5. The Morgan fingerprint density at radius 2 is 1.77 bits per heavy atom. The highest BCUT2D eigenvalue weighted by molar-refractivity contribution is 6.30. The molecule has 2 aromatic carbocycles. The third-order valence-electron chi connectivity index (χ3n) is 6.67. The summed E-state index contributed by atoms with van der Waals surface area (Å²) in [5.74, 6) is -2.23. The summed E-state index contributed by atoms with van der Waals surface area (Å²) in [6.07, 6.45) is -4.75. The lowest BCUT2D eigenvalue weighted by atomic mass is 10.0. The first-order chi connectivity index (χ1) is 20.9. The van der Waals surface area contributed by atoms with E-state index in [0.29, 0.717) is 23.4 Å². The van der Waals surface area contributed by atoms with Gasteiger partial charge in [0.05, 0.1) is 28.9 Å². The molecule has 0 radical (unpaired) electrons. The third kappa shape index (κ3) is 6.63. The molecule has 44 heavy (non-hydrogen) atoms. The molecule has 0 unspecified atom stereocenters. The number of fused-ring (bicyclic) bond motifs is 1. The van der Waals surface area contributed by atoms with Gasteiger partial charge in [0.2, 0.25) is 5.88 Å². The van der Waals surface area contributed by atoms with Crippen LogP contribution in [0.3, 0.4) is 0 Å². The van der Waals surface area contributed by atoms with E-state index in [0.717, 1.165) is 24.3 Å². The van der Waals surface area contributed by atoms with Crippen LogP contribution in [0.15, 0.2) is 60.7 Å². The highest BCUT2D eigenvalue weighted by Crippen LogP contribution is 2.31. The lowest BCUT2D eigenvalue weighted by Gasteiger charge is -2.12. The van der Waals surface area contributed by atoms with E-state index in [2.05, 4.69) is 15.0 Å². The van der Waals surface area contributed by atoms with Crippen molar-refractivity contribution >= 4 is 28.6 Å². The van der Waals surface area contributed by atoms with Gasteiger partial charge in [0.15, 0.2) is 0 Å². The average molecular weight is 633 g/mol. The lowest BCUT2D eigenvalue weighted by Crippen LogP contribution is -2.10. The topological polar surface area (TPSA) is 99.4 Å². The van der Waals surface area contributed by atoms with Crippen LogP contribution in [0.5, 0.6) is 5.88 Å². The number of carboxylic acid groups (broad SMARTS) is 1. The third-order valence-corrected chi connectivity index (χ3v) is 7.00. The zero-order valence-corrected chi connectivity index (χ0v) is 23.6. The molecule has 5 rings (SSSR count). The molecule has 0 fully saturated rings. The molecule has 228 valence electrons. The van der Waals surface area contributed by atoms with Crippen LogP contribution in [0, 0.1) is 11.6 Å². The molecule has 0 amide bonds. The maximum atomic E-state index is 15.4.